The third-order valence-electron chi connectivity index (χ3n) is 2.75. The first-order valence-corrected chi connectivity index (χ1v) is 6.84. The summed E-state index contributed by atoms with van der Waals surface area (Å²) in [4.78, 5) is 17.1. The van der Waals surface area contributed by atoms with Gasteiger partial charge in [0.2, 0.25) is 0 Å². The smallest absolute Gasteiger partial charge is 0.155 e. The van der Waals surface area contributed by atoms with E-state index in [2.05, 4.69) is 10.0 Å². The van der Waals surface area contributed by atoms with Crippen molar-refractivity contribution in [1.82, 2.24) is 0 Å². The molecule has 1 aliphatic heterocycles. The van der Waals surface area contributed by atoms with Crippen molar-refractivity contribution in [2.45, 2.75) is 11.8 Å². The van der Waals surface area contributed by atoms with Crippen molar-refractivity contribution >= 4 is 23.2 Å². The first kappa shape index (κ1) is 14.3. The Kier molecular flexibility index (Phi) is 4.55. The molecular weight excluding hydrogens is 276 g/mol. The topological polar surface area (TPSA) is 78.3 Å². The number of azide groups is 1. The second-order valence-electron chi connectivity index (χ2n) is 4.14. The van der Waals surface area contributed by atoms with Crippen LogP contribution in [0.25, 0.3) is 10.4 Å². The second kappa shape index (κ2) is 6.36. The Morgan fingerprint density at radius 2 is 2.40 bits per heavy atom. The zero-order chi connectivity index (χ0) is 14.5. The molecule has 6 nitrogen and oxygen atoms in total. The first-order chi connectivity index (χ1) is 9.65. The SMILES string of the molecule is COc1ccc2c(c1)S/C(=C\C(C)=O)N2CCN=[N+]=[N-]. The summed E-state index contributed by atoms with van der Waals surface area (Å²) in [7, 11) is 1.62. The summed E-state index contributed by atoms with van der Waals surface area (Å²) in [5.41, 5.74) is 9.36. The Bertz CT molecular complexity index is 608. The Morgan fingerprint density at radius 1 is 1.60 bits per heavy atom. The number of thioether (sulfide) groups is 1. The average Bonchev–Trinajstić information content (AvgIpc) is 2.75. The number of benzene rings is 1. The number of fused-ring (bicyclic) bond motifs is 1. The molecule has 0 radical (unpaired) electrons. The molecule has 0 aromatic heterocycles. The first-order valence-electron chi connectivity index (χ1n) is 6.02. The minimum absolute atomic E-state index is 0.0129. The fourth-order valence-electron chi connectivity index (χ4n) is 1.91. The Balaban J connectivity index is 2.33. The van der Waals surface area contributed by atoms with E-state index in [0.29, 0.717) is 13.1 Å². The largest absolute Gasteiger partial charge is 0.497 e. The normalized spacial score (nSPS) is 14.9. The molecule has 0 bridgehead atoms. The van der Waals surface area contributed by atoms with Crippen molar-refractivity contribution in [3.05, 3.63) is 39.7 Å². The molecule has 0 fully saturated rings. The van der Waals surface area contributed by atoms with Crippen molar-refractivity contribution in [2.24, 2.45) is 5.11 Å². The van der Waals surface area contributed by atoms with Crippen LogP contribution in [0.15, 0.2) is 39.3 Å². The van der Waals surface area contributed by atoms with Crippen LogP contribution in [0.1, 0.15) is 6.92 Å². The summed E-state index contributed by atoms with van der Waals surface area (Å²) in [6.07, 6.45) is 1.59. The lowest BCUT2D eigenvalue weighted by Crippen LogP contribution is -2.21. The molecule has 7 heteroatoms. The van der Waals surface area contributed by atoms with Crippen LogP contribution in [-0.4, -0.2) is 26.0 Å². The van der Waals surface area contributed by atoms with Gasteiger partial charge in [-0.3, -0.25) is 4.79 Å². The molecule has 2 rings (SSSR count). The van der Waals surface area contributed by atoms with E-state index >= 15 is 0 Å². The number of hydrogen-bond donors (Lipinski definition) is 0. The van der Waals surface area contributed by atoms with Crippen molar-refractivity contribution in [1.29, 1.82) is 0 Å². The molecule has 0 spiro atoms. The number of rotatable bonds is 5. The van der Waals surface area contributed by atoms with E-state index in [0.717, 1.165) is 21.4 Å². The van der Waals surface area contributed by atoms with E-state index < -0.39 is 0 Å². The van der Waals surface area contributed by atoms with Gasteiger partial charge in [0, 0.05) is 29.0 Å². The van der Waals surface area contributed by atoms with E-state index in [1.54, 1.807) is 13.2 Å². The van der Waals surface area contributed by atoms with Crippen LogP contribution in [0.3, 0.4) is 0 Å². The molecule has 0 saturated carbocycles. The van der Waals surface area contributed by atoms with Gasteiger partial charge in [0.15, 0.2) is 5.78 Å². The minimum Gasteiger partial charge on any atom is -0.497 e. The fourth-order valence-corrected chi connectivity index (χ4v) is 3.12. The summed E-state index contributed by atoms with van der Waals surface area (Å²) < 4.78 is 5.20. The lowest BCUT2D eigenvalue weighted by atomic mass is 10.2. The second-order valence-corrected chi connectivity index (χ2v) is 5.20. The molecular formula is C13H14N4O2S. The minimum atomic E-state index is -0.0129. The van der Waals surface area contributed by atoms with Gasteiger partial charge < -0.3 is 9.64 Å². The van der Waals surface area contributed by atoms with Crippen LogP contribution in [0.2, 0.25) is 0 Å². The predicted octanol–water partition coefficient (Wildman–Crippen LogP) is 3.35. The van der Waals surface area contributed by atoms with Crippen LogP contribution in [0, 0.1) is 0 Å². The lowest BCUT2D eigenvalue weighted by Gasteiger charge is -2.19. The molecule has 0 unspecified atom stereocenters. The molecule has 1 aromatic rings. The highest BCUT2D eigenvalue weighted by Crippen LogP contribution is 2.47. The summed E-state index contributed by atoms with van der Waals surface area (Å²) >= 11 is 1.51. The highest BCUT2D eigenvalue weighted by molar-refractivity contribution is 8.03. The number of carbonyl (C=O) groups excluding carboxylic acids is 1. The Hall–Kier alpha value is -2.11. The van der Waals surface area contributed by atoms with E-state index in [-0.39, 0.29) is 5.78 Å². The molecule has 0 aliphatic carbocycles. The van der Waals surface area contributed by atoms with Gasteiger partial charge in [-0.1, -0.05) is 16.9 Å². The van der Waals surface area contributed by atoms with Gasteiger partial charge in [-0.05, 0) is 30.7 Å². The van der Waals surface area contributed by atoms with Gasteiger partial charge >= 0.3 is 0 Å². The summed E-state index contributed by atoms with van der Waals surface area (Å²) in [6, 6.07) is 5.75. The molecule has 0 atom stereocenters. The maximum Gasteiger partial charge on any atom is 0.155 e. The van der Waals surface area contributed by atoms with E-state index in [1.807, 2.05) is 23.1 Å². The van der Waals surface area contributed by atoms with Gasteiger partial charge in [-0.2, -0.15) is 0 Å². The van der Waals surface area contributed by atoms with E-state index in [4.69, 9.17) is 10.3 Å². The number of nitrogens with zero attached hydrogens (tertiary/aromatic N) is 4. The molecule has 0 N–H and O–H groups in total. The average molecular weight is 290 g/mol. The molecule has 104 valence electrons. The number of ketones is 1. The summed E-state index contributed by atoms with van der Waals surface area (Å²) in [5, 5.41) is 4.39. The maximum atomic E-state index is 11.3. The van der Waals surface area contributed by atoms with Gasteiger partial charge in [0.25, 0.3) is 0 Å². The van der Waals surface area contributed by atoms with Crippen molar-refractivity contribution in [2.75, 3.05) is 25.1 Å². The van der Waals surface area contributed by atoms with Crippen LogP contribution in [-0.2, 0) is 4.79 Å². The fraction of sp³-hybridized carbons (Fsp3) is 0.308. The molecule has 1 aliphatic rings. The number of anilines is 1. The van der Waals surface area contributed by atoms with Gasteiger partial charge in [-0.25, -0.2) is 0 Å². The summed E-state index contributed by atoms with van der Waals surface area (Å²) in [5.74, 6) is 0.761. The zero-order valence-electron chi connectivity index (χ0n) is 11.2. The number of hydrogen-bond acceptors (Lipinski definition) is 5. The molecule has 0 saturated heterocycles. The van der Waals surface area contributed by atoms with Gasteiger partial charge in [-0.15, -0.1) is 0 Å². The summed E-state index contributed by atoms with van der Waals surface area (Å²) in [6.45, 7) is 2.40. The maximum absolute atomic E-state index is 11.3. The van der Waals surface area contributed by atoms with E-state index in [1.165, 1.54) is 18.7 Å². The van der Waals surface area contributed by atoms with Crippen LogP contribution in [0.4, 0.5) is 5.69 Å². The highest BCUT2D eigenvalue weighted by Gasteiger charge is 2.25. The van der Waals surface area contributed by atoms with Crippen molar-refractivity contribution in [3.8, 4) is 5.75 Å². The van der Waals surface area contributed by atoms with Crippen molar-refractivity contribution in [3.63, 3.8) is 0 Å². The quantitative estimate of drug-likeness (QED) is 0.360. The number of ether oxygens (including phenoxy) is 1. The van der Waals surface area contributed by atoms with Gasteiger partial charge in [0.05, 0.1) is 17.8 Å². The zero-order valence-corrected chi connectivity index (χ0v) is 12.1. The Labute approximate surface area is 121 Å². The van der Waals surface area contributed by atoms with Crippen LogP contribution >= 0.6 is 11.8 Å². The van der Waals surface area contributed by atoms with Crippen molar-refractivity contribution < 1.29 is 9.53 Å². The van der Waals surface area contributed by atoms with Crippen LogP contribution in [0.5, 0.6) is 5.75 Å². The number of allylic oxidation sites excluding steroid dienone is 1. The molecule has 20 heavy (non-hydrogen) atoms. The molecule has 0 amide bonds. The third kappa shape index (κ3) is 3.07. The van der Waals surface area contributed by atoms with Crippen LogP contribution < -0.4 is 9.64 Å². The third-order valence-corrected chi connectivity index (χ3v) is 3.85. The predicted molar refractivity (Wildman–Crippen MR) is 79.0 cm³/mol. The monoisotopic (exact) mass is 290 g/mol. The number of methoxy groups -OCH3 is 1. The number of carbonyl (C=O) groups is 1. The lowest BCUT2D eigenvalue weighted by molar-refractivity contribution is -0.112. The molecule has 1 heterocycles. The highest BCUT2D eigenvalue weighted by atomic mass is 32.2. The van der Waals surface area contributed by atoms with E-state index in [9.17, 15) is 4.79 Å². The van der Waals surface area contributed by atoms with Gasteiger partial charge in [0.1, 0.15) is 5.75 Å². The Morgan fingerprint density at radius 3 is 3.05 bits per heavy atom. The molecule has 1 aromatic carbocycles. The standard InChI is InChI=1S/C13H14N4O2S/c1-9(18)7-13-17(6-5-15-16-14)11-4-3-10(19-2)8-12(11)20-13/h3-4,7-8H,5-6H2,1-2H3/b13-7-.